The lowest BCUT2D eigenvalue weighted by Gasteiger charge is -2.28. The van der Waals surface area contributed by atoms with E-state index in [-0.39, 0.29) is 37.2 Å². The Morgan fingerprint density at radius 1 is 1.18 bits per heavy atom. The average molecular weight is 450 g/mol. The molecule has 28 heavy (non-hydrogen) atoms. The Labute approximate surface area is 177 Å². The van der Waals surface area contributed by atoms with Crippen molar-refractivity contribution in [3.8, 4) is 0 Å². The summed E-state index contributed by atoms with van der Waals surface area (Å²) in [7, 11) is 5.68. The number of nitrogens with two attached hydrogens (primary N) is 3. The van der Waals surface area contributed by atoms with Crippen LogP contribution < -0.4 is 22.3 Å². The second-order valence-corrected chi connectivity index (χ2v) is 6.67. The number of halogens is 2. The molecule has 0 heterocycles. The van der Waals surface area contributed by atoms with E-state index in [4.69, 9.17) is 27.0 Å². The second kappa shape index (κ2) is 17.3. The lowest BCUT2D eigenvalue weighted by atomic mass is 10.2. The van der Waals surface area contributed by atoms with E-state index in [1.165, 1.54) is 6.92 Å². The number of likely N-dealkylation sites (N-methyl/N-ethyl adjacent to an activating group) is 1. The molecule has 0 aromatic rings. The Balaban J connectivity index is -0.000000194. The summed E-state index contributed by atoms with van der Waals surface area (Å²) in [6.45, 7) is 2.13. The molecule has 0 aromatic heterocycles. The van der Waals surface area contributed by atoms with Crippen LogP contribution >= 0.6 is 24.8 Å². The van der Waals surface area contributed by atoms with Gasteiger partial charge in [0.1, 0.15) is 12.6 Å². The van der Waals surface area contributed by atoms with Crippen LogP contribution in [0.1, 0.15) is 26.2 Å². The van der Waals surface area contributed by atoms with Gasteiger partial charge in [0.25, 0.3) is 0 Å². The molecule has 7 N–H and O–H groups in total. The summed E-state index contributed by atoms with van der Waals surface area (Å²) >= 11 is 0. The molecule has 0 saturated heterocycles. The number of carboxylic acid groups (broad SMARTS) is 2. The largest absolute Gasteiger partial charge is 0.550 e. The van der Waals surface area contributed by atoms with Crippen LogP contribution in [0, 0.1) is 0 Å². The molecule has 1 unspecified atom stereocenters. The minimum absolute atomic E-state index is 0. The number of carbonyl (C=O) groups is 3. The van der Waals surface area contributed by atoms with Crippen LogP contribution in [0.5, 0.6) is 0 Å². The maximum absolute atomic E-state index is 10.7. The van der Waals surface area contributed by atoms with E-state index in [0.29, 0.717) is 30.4 Å². The molecule has 0 bridgehead atoms. The van der Waals surface area contributed by atoms with Crippen molar-refractivity contribution in [1.82, 2.24) is 0 Å². The Morgan fingerprint density at radius 3 is 2.00 bits per heavy atom. The molecule has 11 nitrogen and oxygen atoms in total. The lowest BCUT2D eigenvalue weighted by molar-refractivity contribution is -0.873. The van der Waals surface area contributed by atoms with Crippen LogP contribution in [0.15, 0.2) is 4.99 Å². The zero-order valence-electron chi connectivity index (χ0n) is 16.6. The number of carboxylic acids is 2. The highest BCUT2D eigenvalue weighted by Crippen LogP contribution is 2.04. The van der Waals surface area contributed by atoms with Gasteiger partial charge in [0.2, 0.25) is 0 Å². The summed E-state index contributed by atoms with van der Waals surface area (Å²) in [6.07, 6.45) is 0.0875. The topological polar surface area (TPSA) is 194 Å². The van der Waals surface area contributed by atoms with Crippen LogP contribution in [0.25, 0.3) is 0 Å². The molecule has 0 rings (SSSR count). The van der Waals surface area contributed by atoms with Gasteiger partial charge in [0, 0.05) is 25.9 Å². The maximum Gasteiger partial charge on any atom is 0.320 e. The predicted molar refractivity (Wildman–Crippen MR) is 108 cm³/mol. The number of hydrogen-bond donors (Lipinski definition) is 4. The molecule has 0 aliphatic rings. The molecular weight excluding hydrogens is 417 g/mol. The molecule has 0 saturated carbocycles. The van der Waals surface area contributed by atoms with Gasteiger partial charge >= 0.3 is 11.9 Å². The number of esters is 1. The molecular formula is C15H33Cl2N5O6. The Morgan fingerprint density at radius 2 is 1.68 bits per heavy atom. The highest BCUT2D eigenvalue weighted by atomic mass is 35.5. The summed E-state index contributed by atoms with van der Waals surface area (Å²) in [5, 5.41) is 18.7. The summed E-state index contributed by atoms with van der Waals surface area (Å²) < 4.78 is 5.39. The van der Waals surface area contributed by atoms with Crippen LogP contribution in [0.4, 0.5) is 0 Å². The third-order valence-corrected chi connectivity index (χ3v) is 2.76. The van der Waals surface area contributed by atoms with Crippen molar-refractivity contribution < 1.29 is 33.8 Å². The quantitative estimate of drug-likeness (QED) is 0.0963. The number of rotatable bonds is 10. The Hall–Kier alpha value is -1.82. The number of carbonyl (C=O) groups excluding carboxylic acids is 2. The molecule has 0 amide bonds. The van der Waals surface area contributed by atoms with Crippen molar-refractivity contribution in [1.29, 1.82) is 0 Å². The van der Waals surface area contributed by atoms with Crippen LogP contribution in [0.2, 0.25) is 0 Å². The van der Waals surface area contributed by atoms with Gasteiger partial charge in [-0.3, -0.25) is 14.6 Å². The van der Waals surface area contributed by atoms with E-state index in [9.17, 15) is 19.5 Å². The Kier molecular flexibility index (Phi) is 20.8. The van der Waals surface area contributed by atoms with E-state index in [1.54, 1.807) is 0 Å². The van der Waals surface area contributed by atoms with E-state index < -0.39 is 30.1 Å². The smallest absolute Gasteiger partial charge is 0.320 e. The van der Waals surface area contributed by atoms with E-state index in [2.05, 4.69) is 4.99 Å². The molecule has 0 aromatic carbocycles. The van der Waals surface area contributed by atoms with Crippen molar-refractivity contribution in [3.05, 3.63) is 0 Å². The van der Waals surface area contributed by atoms with Gasteiger partial charge in [0.05, 0.1) is 21.1 Å². The molecule has 2 atom stereocenters. The van der Waals surface area contributed by atoms with Gasteiger partial charge in [-0.25, -0.2) is 0 Å². The van der Waals surface area contributed by atoms with Gasteiger partial charge < -0.3 is 41.4 Å². The number of aliphatic imine (C=N–C) groups is 1. The molecule has 0 aliphatic carbocycles. The van der Waals surface area contributed by atoms with Crippen LogP contribution in [-0.4, -0.2) is 79.8 Å². The average Bonchev–Trinajstić information content (AvgIpc) is 2.40. The fourth-order valence-corrected chi connectivity index (χ4v) is 1.82. The first-order chi connectivity index (χ1) is 11.7. The summed E-state index contributed by atoms with van der Waals surface area (Å²) in [5.74, 6) is -2.66. The normalized spacial score (nSPS) is 11.9. The zero-order chi connectivity index (χ0) is 20.9. The molecule has 0 fully saturated rings. The fraction of sp³-hybridized carbons (Fsp3) is 0.733. The van der Waals surface area contributed by atoms with Crippen molar-refractivity contribution >= 4 is 48.7 Å². The minimum Gasteiger partial charge on any atom is -0.550 e. The SMILES string of the molecule is CC(=O)OC(CC(=O)[O-])C[N+](C)(C)C.Cl.Cl.NC(N)=NCCC[C@H](N)C(=O)O. The summed E-state index contributed by atoms with van der Waals surface area (Å²) in [4.78, 5) is 34.9. The fourth-order valence-electron chi connectivity index (χ4n) is 1.82. The minimum atomic E-state index is -1.20. The summed E-state index contributed by atoms with van der Waals surface area (Å²) in [5.41, 5.74) is 15.3. The van der Waals surface area contributed by atoms with Gasteiger partial charge in [-0.2, -0.15) is 0 Å². The van der Waals surface area contributed by atoms with Crippen molar-refractivity contribution in [2.45, 2.75) is 38.3 Å². The molecule has 168 valence electrons. The molecule has 0 aliphatic heterocycles. The van der Waals surface area contributed by atoms with Gasteiger partial charge in [-0.1, -0.05) is 0 Å². The first kappa shape index (κ1) is 33.7. The predicted octanol–water partition coefficient (Wildman–Crippen LogP) is -1.94. The summed E-state index contributed by atoms with van der Waals surface area (Å²) in [6, 6.07) is -0.820. The number of hydrogen-bond acceptors (Lipinski definition) is 7. The monoisotopic (exact) mass is 449 g/mol. The number of aliphatic carboxylic acids is 2. The molecule has 13 heteroatoms. The number of quaternary nitrogens is 1. The lowest BCUT2D eigenvalue weighted by Crippen LogP contribution is -2.45. The van der Waals surface area contributed by atoms with Crippen LogP contribution in [0.3, 0.4) is 0 Å². The first-order valence-corrected chi connectivity index (χ1v) is 7.96. The first-order valence-electron chi connectivity index (χ1n) is 7.96. The second-order valence-electron chi connectivity index (χ2n) is 6.67. The standard InChI is InChI=1S/C9H17NO4.C6H14N4O2.2ClH/c1-7(11)14-8(5-9(12)13)6-10(2,3)4;7-4(5(11)12)2-1-3-10-6(8)9;;/h8H,5-6H2,1-4H3;4H,1-3,7H2,(H,11,12)(H4,8,9,10);2*1H/t;4-;;/m.0../s1. The van der Waals surface area contributed by atoms with E-state index in [0.717, 1.165) is 0 Å². The van der Waals surface area contributed by atoms with Crippen molar-refractivity contribution in [2.75, 3.05) is 34.2 Å². The molecule has 0 radical (unpaired) electrons. The van der Waals surface area contributed by atoms with Crippen LogP contribution in [-0.2, 0) is 19.1 Å². The third kappa shape index (κ3) is 26.4. The van der Waals surface area contributed by atoms with Crippen molar-refractivity contribution in [3.63, 3.8) is 0 Å². The highest BCUT2D eigenvalue weighted by molar-refractivity contribution is 5.85. The third-order valence-electron chi connectivity index (χ3n) is 2.76. The van der Waals surface area contributed by atoms with E-state index >= 15 is 0 Å². The maximum atomic E-state index is 10.7. The van der Waals surface area contributed by atoms with E-state index in [1.807, 2.05) is 21.1 Å². The zero-order valence-corrected chi connectivity index (χ0v) is 18.3. The highest BCUT2D eigenvalue weighted by Gasteiger charge is 2.20. The molecule has 0 spiro atoms. The van der Waals surface area contributed by atoms with Gasteiger partial charge in [-0.15, -0.1) is 24.8 Å². The van der Waals surface area contributed by atoms with Crippen molar-refractivity contribution in [2.24, 2.45) is 22.2 Å². The van der Waals surface area contributed by atoms with Gasteiger partial charge in [-0.05, 0) is 12.8 Å². The van der Waals surface area contributed by atoms with Gasteiger partial charge in [0.15, 0.2) is 12.1 Å². The Bertz CT molecular complexity index is 480. The number of ether oxygens (including phenoxy) is 1. The number of guanidine groups is 1. The number of nitrogens with zero attached hydrogens (tertiary/aromatic N) is 2.